The minimum atomic E-state index is 0.193. The van der Waals surface area contributed by atoms with Gasteiger partial charge in [-0.25, -0.2) is 0 Å². The standard InChI is InChI=1S/C16H15Cl2N/c17-14-7-6-12(8-15(14)18)9-16(10-19-11-16)13-4-2-1-3-5-13/h1-8,19H,9-11H2. The van der Waals surface area contributed by atoms with Gasteiger partial charge in [0.15, 0.2) is 0 Å². The maximum Gasteiger partial charge on any atom is 0.0595 e. The van der Waals surface area contributed by atoms with Crippen LogP contribution in [-0.2, 0) is 11.8 Å². The summed E-state index contributed by atoms with van der Waals surface area (Å²) in [7, 11) is 0. The molecule has 2 aromatic rings. The Hall–Kier alpha value is -1.02. The largest absolute Gasteiger partial charge is 0.315 e. The van der Waals surface area contributed by atoms with E-state index in [1.54, 1.807) is 0 Å². The fraction of sp³-hybridized carbons (Fsp3) is 0.250. The monoisotopic (exact) mass is 291 g/mol. The second kappa shape index (κ2) is 5.16. The predicted molar refractivity (Wildman–Crippen MR) is 81.2 cm³/mol. The maximum atomic E-state index is 6.10. The second-order valence-electron chi connectivity index (χ2n) is 5.18. The van der Waals surface area contributed by atoms with Crippen LogP contribution in [0, 0.1) is 0 Å². The van der Waals surface area contributed by atoms with Crippen molar-refractivity contribution in [2.24, 2.45) is 0 Å². The fourth-order valence-corrected chi connectivity index (χ4v) is 3.01. The predicted octanol–water partition coefficient (Wildman–Crippen LogP) is 4.08. The first-order valence-electron chi connectivity index (χ1n) is 6.40. The van der Waals surface area contributed by atoms with Crippen molar-refractivity contribution in [3.63, 3.8) is 0 Å². The van der Waals surface area contributed by atoms with Crippen molar-refractivity contribution < 1.29 is 0 Å². The van der Waals surface area contributed by atoms with Crippen LogP contribution in [0.25, 0.3) is 0 Å². The van der Waals surface area contributed by atoms with E-state index in [9.17, 15) is 0 Å². The van der Waals surface area contributed by atoms with Gasteiger partial charge in [0.2, 0.25) is 0 Å². The van der Waals surface area contributed by atoms with E-state index in [-0.39, 0.29) is 5.41 Å². The van der Waals surface area contributed by atoms with Crippen LogP contribution in [0.1, 0.15) is 11.1 Å². The third kappa shape index (κ3) is 2.51. The van der Waals surface area contributed by atoms with E-state index in [2.05, 4.69) is 41.7 Å². The Morgan fingerprint density at radius 1 is 0.947 bits per heavy atom. The van der Waals surface area contributed by atoms with E-state index in [1.165, 1.54) is 11.1 Å². The normalized spacial score (nSPS) is 16.9. The summed E-state index contributed by atoms with van der Waals surface area (Å²) >= 11 is 12.1. The number of benzene rings is 2. The van der Waals surface area contributed by atoms with Crippen molar-refractivity contribution in [1.82, 2.24) is 5.32 Å². The van der Waals surface area contributed by atoms with Crippen molar-refractivity contribution in [2.45, 2.75) is 11.8 Å². The lowest BCUT2D eigenvalue weighted by molar-refractivity contribution is 0.275. The quantitative estimate of drug-likeness (QED) is 0.899. The van der Waals surface area contributed by atoms with Gasteiger partial charge in [0.05, 0.1) is 10.0 Å². The van der Waals surface area contributed by atoms with Crippen molar-refractivity contribution in [3.05, 3.63) is 69.7 Å². The first-order valence-corrected chi connectivity index (χ1v) is 7.15. The number of rotatable bonds is 3. The molecule has 0 spiro atoms. The SMILES string of the molecule is Clc1ccc(CC2(c3ccccc3)CNC2)cc1Cl. The minimum Gasteiger partial charge on any atom is -0.315 e. The Morgan fingerprint density at radius 3 is 2.26 bits per heavy atom. The molecular weight excluding hydrogens is 277 g/mol. The summed E-state index contributed by atoms with van der Waals surface area (Å²) in [6.07, 6.45) is 0.987. The summed E-state index contributed by atoms with van der Waals surface area (Å²) in [5, 5.41) is 4.64. The lowest BCUT2D eigenvalue weighted by atomic mass is 9.71. The lowest BCUT2D eigenvalue weighted by Crippen LogP contribution is -2.58. The Morgan fingerprint density at radius 2 is 1.68 bits per heavy atom. The average Bonchev–Trinajstić information content (AvgIpc) is 2.39. The van der Waals surface area contributed by atoms with Crippen molar-refractivity contribution in [2.75, 3.05) is 13.1 Å². The molecule has 0 bridgehead atoms. The highest BCUT2D eigenvalue weighted by Gasteiger charge is 2.38. The smallest absolute Gasteiger partial charge is 0.0595 e. The molecule has 98 valence electrons. The molecule has 1 saturated heterocycles. The first kappa shape index (κ1) is 13.0. The number of hydrogen-bond donors (Lipinski definition) is 1. The van der Waals surface area contributed by atoms with E-state index in [0.29, 0.717) is 10.0 Å². The molecule has 0 unspecified atom stereocenters. The van der Waals surface area contributed by atoms with E-state index < -0.39 is 0 Å². The van der Waals surface area contributed by atoms with Crippen LogP contribution in [0.2, 0.25) is 10.0 Å². The van der Waals surface area contributed by atoms with Crippen LogP contribution in [0.3, 0.4) is 0 Å². The zero-order valence-electron chi connectivity index (χ0n) is 10.5. The molecule has 3 heteroatoms. The fourth-order valence-electron chi connectivity index (χ4n) is 2.69. The number of halogens is 2. The van der Waals surface area contributed by atoms with Crippen LogP contribution in [0.15, 0.2) is 48.5 Å². The van der Waals surface area contributed by atoms with Gasteiger partial charge in [0, 0.05) is 18.5 Å². The molecule has 0 saturated carbocycles. The highest BCUT2D eigenvalue weighted by atomic mass is 35.5. The summed E-state index contributed by atoms with van der Waals surface area (Å²) in [6, 6.07) is 16.6. The Kier molecular flexibility index (Phi) is 3.53. The van der Waals surface area contributed by atoms with Gasteiger partial charge in [-0.05, 0) is 29.7 Å². The van der Waals surface area contributed by atoms with Crippen LogP contribution < -0.4 is 5.32 Å². The van der Waals surface area contributed by atoms with Gasteiger partial charge < -0.3 is 5.32 Å². The second-order valence-corrected chi connectivity index (χ2v) is 5.99. The highest BCUT2D eigenvalue weighted by Crippen LogP contribution is 2.34. The molecule has 0 radical (unpaired) electrons. The zero-order chi connectivity index (χ0) is 13.3. The molecule has 2 aromatic carbocycles. The van der Waals surface area contributed by atoms with Crippen molar-refractivity contribution in [1.29, 1.82) is 0 Å². The molecule has 0 aliphatic carbocycles. The summed E-state index contributed by atoms with van der Waals surface area (Å²) in [6.45, 7) is 2.02. The molecule has 3 rings (SSSR count). The summed E-state index contributed by atoms with van der Waals surface area (Å²) in [4.78, 5) is 0. The first-order chi connectivity index (χ1) is 9.20. The molecule has 0 amide bonds. The summed E-state index contributed by atoms with van der Waals surface area (Å²) in [5.41, 5.74) is 2.82. The van der Waals surface area contributed by atoms with Crippen LogP contribution >= 0.6 is 23.2 Å². The van der Waals surface area contributed by atoms with Gasteiger partial charge in [0.1, 0.15) is 0 Å². The van der Waals surface area contributed by atoms with Gasteiger partial charge in [-0.3, -0.25) is 0 Å². The van der Waals surface area contributed by atoms with Gasteiger partial charge in [-0.2, -0.15) is 0 Å². The third-order valence-electron chi connectivity index (χ3n) is 3.84. The molecule has 1 aliphatic heterocycles. The zero-order valence-corrected chi connectivity index (χ0v) is 12.0. The van der Waals surface area contributed by atoms with Gasteiger partial charge in [-0.15, -0.1) is 0 Å². The number of nitrogens with one attached hydrogen (secondary N) is 1. The van der Waals surface area contributed by atoms with Crippen LogP contribution in [0.5, 0.6) is 0 Å². The van der Waals surface area contributed by atoms with Crippen LogP contribution in [-0.4, -0.2) is 13.1 Å². The maximum absolute atomic E-state index is 6.10. The number of hydrogen-bond acceptors (Lipinski definition) is 1. The molecule has 0 aromatic heterocycles. The van der Waals surface area contributed by atoms with Gasteiger partial charge in [0.25, 0.3) is 0 Å². The molecule has 1 fully saturated rings. The molecule has 1 N–H and O–H groups in total. The molecule has 0 atom stereocenters. The highest BCUT2D eigenvalue weighted by molar-refractivity contribution is 6.42. The molecule has 1 aliphatic rings. The van der Waals surface area contributed by atoms with Gasteiger partial charge >= 0.3 is 0 Å². The van der Waals surface area contributed by atoms with E-state index >= 15 is 0 Å². The van der Waals surface area contributed by atoms with Gasteiger partial charge in [-0.1, -0.05) is 59.6 Å². The van der Waals surface area contributed by atoms with E-state index in [4.69, 9.17) is 23.2 Å². The molecular formula is C16H15Cl2N. The third-order valence-corrected chi connectivity index (χ3v) is 4.58. The summed E-state index contributed by atoms with van der Waals surface area (Å²) in [5.74, 6) is 0. The van der Waals surface area contributed by atoms with Crippen molar-refractivity contribution >= 4 is 23.2 Å². The van der Waals surface area contributed by atoms with E-state index in [1.807, 2.05) is 12.1 Å². The topological polar surface area (TPSA) is 12.0 Å². The lowest BCUT2D eigenvalue weighted by Gasteiger charge is -2.43. The van der Waals surface area contributed by atoms with Crippen molar-refractivity contribution in [3.8, 4) is 0 Å². The molecule has 1 heterocycles. The summed E-state index contributed by atoms with van der Waals surface area (Å²) < 4.78 is 0. The molecule has 1 nitrogen and oxygen atoms in total. The Bertz CT molecular complexity index is 577. The Labute approximate surface area is 123 Å². The minimum absolute atomic E-state index is 0.193. The van der Waals surface area contributed by atoms with E-state index in [0.717, 1.165) is 19.5 Å². The Balaban J connectivity index is 1.89. The average molecular weight is 292 g/mol. The van der Waals surface area contributed by atoms with Crippen LogP contribution in [0.4, 0.5) is 0 Å². The molecule has 19 heavy (non-hydrogen) atoms.